The smallest absolute Gasteiger partial charge is 0.240 e. The van der Waals surface area contributed by atoms with Crippen molar-refractivity contribution in [2.24, 2.45) is 0 Å². The van der Waals surface area contributed by atoms with E-state index in [0.717, 1.165) is 5.76 Å². The summed E-state index contributed by atoms with van der Waals surface area (Å²) < 4.78 is 10.4. The molecule has 0 bridgehead atoms. The van der Waals surface area contributed by atoms with Crippen molar-refractivity contribution in [1.82, 2.24) is 9.97 Å². The minimum Gasteiger partial charge on any atom is -0.468 e. The number of aromatic nitrogens is 2. The van der Waals surface area contributed by atoms with Crippen LogP contribution in [-0.2, 0) is 6.61 Å². The van der Waals surface area contributed by atoms with E-state index in [9.17, 15) is 0 Å². The van der Waals surface area contributed by atoms with Crippen molar-refractivity contribution in [1.29, 1.82) is 0 Å². The van der Waals surface area contributed by atoms with Crippen LogP contribution in [0.5, 0.6) is 5.88 Å². The largest absolute Gasteiger partial charge is 0.468 e. The Morgan fingerprint density at radius 3 is 3.14 bits per heavy atom. The zero-order valence-electron chi connectivity index (χ0n) is 7.38. The van der Waals surface area contributed by atoms with Crippen molar-refractivity contribution >= 4 is 5.69 Å². The zero-order valence-corrected chi connectivity index (χ0v) is 7.38. The highest BCUT2D eigenvalue weighted by molar-refractivity contribution is 5.44. The molecule has 72 valence electrons. The van der Waals surface area contributed by atoms with Gasteiger partial charge in [0.15, 0.2) is 0 Å². The predicted octanol–water partition coefficient (Wildman–Crippen LogP) is 1.23. The molecule has 2 aromatic heterocycles. The molecule has 0 fully saturated rings. The Balaban J connectivity index is 2.02. The van der Waals surface area contributed by atoms with Crippen LogP contribution < -0.4 is 10.5 Å². The lowest BCUT2D eigenvalue weighted by Gasteiger charge is -2.04. The number of anilines is 1. The molecular weight excluding hydrogens is 182 g/mol. The van der Waals surface area contributed by atoms with Crippen LogP contribution in [0.15, 0.2) is 35.3 Å². The Labute approximate surface area is 80.5 Å². The Morgan fingerprint density at radius 1 is 1.50 bits per heavy atom. The summed E-state index contributed by atoms with van der Waals surface area (Å²) in [6.45, 7) is 0.314. The van der Waals surface area contributed by atoms with Gasteiger partial charge in [-0.3, -0.25) is 0 Å². The van der Waals surface area contributed by atoms with Gasteiger partial charge in [-0.05, 0) is 12.1 Å². The SMILES string of the molecule is Nc1cncnc1OCc1ccco1. The maximum absolute atomic E-state index is 5.58. The van der Waals surface area contributed by atoms with Crippen LogP contribution in [0.2, 0.25) is 0 Å². The summed E-state index contributed by atoms with van der Waals surface area (Å²) in [6.07, 6.45) is 4.46. The maximum Gasteiger partial charge on any atom is 0.240 e. The average molecular weight is 191 g/mol. The van der Waals surface area contributed by atoms with Crippen LogP contribution in [0.3, 0.4) is 0 Å². The number of rotatable bonds is 3. The summed E-state index contributed by atoms with van der Waals surface area (Å²) in [5.41, 5.74) is 6.00. The second kappa shape index (κ2) is 3.78. The van der Waals surface area contributed by atoms with Crippen LogP contribution in [0, 0.1) is 0 Å². The van der Waals surface area contributed by atoms with Gasteiger partial charge >= 0.3 is 0 Å². The highest BCUT2D eigenvalue weighted by Gasteiger charge is 2.02. The molecule has 2 N–H and O–H groups in total. The van der Waals surface area contributed by atoms with Gasteiger partial charge in [0.2, 0.25) is 5.88 Å². The van der Waals surface area contributed by atoms with E-state index in [1.807, 2.05) is 6.07 Å². The lowest BCUT2D eigenvalue weighted by atomic mass is 10.5. The number of nitrogen functional groups attached to an aromatic ring is 1. The van der Waals surface area contributed by atoms with Crippen LogP contribution >= 0.6 is 0 Å². The Kier molecular flexibility index (Phi) is 2.31. The Bertz CT molecular complexity index is 400. The van der Waals surface area contributed by atoms with E-state index in [2.05, 4.69) is 9.97 Å². The average Bonchev–Trinajstić information content (AvgIpc) is 2.69. The predicted molar refractivity (Wildman–Crippen MR) is 49.5 cm³/mol. The standard InChI is InChI=1S/C9H9N3O2/c10-8-4-11-6-12-9(8)14-5-7-2-1-3-13-7/h1-4,6H,5,10H2. The number of ether oxygens (including phenoxy) is 1. The molecule has 14 heavy (non-hydrogen) atoms. The first-order valence-corrected chi connectivity index (χ1v) is 4.07. The van der Waals surface area contributed by atoms with Crippen LogP contribution in [0.4, 0.5) is 5.69 Å². The molecule has 0 spiro atoms. The molecule has 0 aromatic carbocycles. The highest BCUT2D eigenvalue weighted by Crippen LogP contribution is 2.16. The second-order valence-corrected chi connectivity index (χ2v) is 2.65. The summed E-state index contributed by atoms with van der Waals surface area (Å²) in [7, 11) is 0. The molecule has 2 aromatic rings. The van der Waals surface area contributed by atoms with Gasteiger partial charge in [0, 0.05) is 0 Å². The molecule has 2 heterocycles. The lowest BCUT2D eigenvalue weighted by molar-refractivity contribution is 0.261. The maximum atomic E-state index is 5.58. The summed E-state index contributed by atoms with van der Waals surface area (Å²) in [4.78, 5) is 7.63. The molecule has 0 atom stereocenters. The summed E-state index contributed by atoms with van der Waals surface area (Å²) in [6, 6.07) is 3.61. The minimum atomic E-state index is 0.314. The minimum absolute atomic E-state index is 0.314. The Hall–Kier alpha value is -2.04. The van der Waals surface area contributed by atoms with Crippen LogP contribution in [0.1, 0.15) is 5.76 Å². The van der Waals surface area contributed by atoms with E-state index in [1.54, 1.807) is 12.3 Å². The van der Waals surface area contributed by atoms with Crippen molar-refractivity contribution in [2.75, 3.05) is 5.73 Å². The number of hydrogen-bond acceptors (Lipinski definition) is 5. The molecule has 0 amide bonds. The molecular formula is C9H9N3O2. The van der Waals surface area contributed by atoms with Gasteiger partial charge in [-0.15, -0.1) is 0 Å². The Morgan fingerprint density at radius 2 is 2.43 bits per heavy atom. The molecule has 0 aliphatic carbocycles. The first kappa shape index (κ1) is 8.55. The molecule has 5 heteroatoms. The lowest BCUT2D eigenvalue weighted by Crippen LogP contribution is -2.00. The van der Waals surface area contributed by atoms with E-state index in [4.69, 9.17) is 14.9 Å². The number of nitrogens with zero attached hydrogens (tertiary/aromatic N) is 2. The van der Waals surface area contributed by atoms with Crippen molar-refractivity contribution in [3.05, 3.63) is 36.7 Å². The molecule has 0 aliphatic heterocycles. The molecule has 0 unspecified atom stereocenters. The number of hydrogen-bond donors (Lipinski definition) is 1. The number of nitrogens with two attached hydrogens (primary N) is 1. The van der Waals surface area contributed by atoms with E-state index in [0.29, 0.717) is 18.2 Å². The van der Waals surface area contributed by atoms with E-state index >= 15 is 0 Å². The molecule has 0 radical (unpaired) electrons. The highest BCUT2D eigenvalue weighted by atomic mass is 16.5. The summed E-state index contributed by atoms with van der Waals surface area (Å²) in [5.74, 6) is 1.10. The van der Waals surface area contributed by atoms with Crippen molar-refractivity contribution < 1.29 is 9.15 Å². The van der Waals surface area contributed by atoms with Crippen molar-refractivity contribution in [3.63, 3.8) is 0 Å². The van der Waals surface area contributed by atoms with Crippen molar-refractivity contribution in [3.8, 4) is 5.88 Å². The molecule has 2 rings (SSSR count). The van der Waals surface area contributed by atoms with E-state index in [-0.39, 0.29) is 0 Å². The monoisotopic (exact) mass is 191 g/mol. The first-order chi connectivity index (χ1) is 6.86. The fourth-order valence-electron chi connectivity index (χ4n) is 0.984. The van der Waals surface area contributed by atoms with E-state index < -0.39 is 0 Å². The summed E-state index contributed by atoms with van der Waals surface area (Å²) >= 11 is 0. The second-order valence-electron chi connectivity index (χ2n) is 2.65. The first-order valence-electron chi connectivity index (χ1n) is 4.07. The third-order valence-electron chi connectivity index (χ3n) is 1.63. The third-order valence-corrected chi connectivity index (χ3v) is 1.63. The van der Waals surface area contributed by atoms with Gasteiger partial charge in [-0.25, -0.2) is 4.98 Å². The van der Waals surface area contributed by atoms with Gasteiger partial charge in [0.05, 0.1) is 12.5 Å². The van der Waals surface area contributed by atoms with Gasteiger partial charge in [-0.1, -0.05) is 0 Å². The van der Waals surface area contributed by atoms with Gasteiger partial charge in [0.1, 0.15) is 24.4 Å². The molecule has 0 saturated carbocycles. The fraction of sp³-hybridized carbons (Fsp3) is 0.111. The van der Waals surface area contributed by atoms with Gasteiger partial charge < -0.3 is 14.9 Å². The van der Waals surface area contributed by atoms with E-state index in [1.165, 1.54) is 12.5 Å². The molecule has 0 aliphatic rings. The van der Waals surface area contributed by atoms with Crippen molar-refractivity contribution in [2.45, 2.75) is 6.61 Å². The molecule has 5 nitrogen and oxygen atoms in total. The quantitative estimate of drug-likeness (QED) is 0.789. The fourth-order valence-corrected chi connectivity index (χ4v) is 0.984. The van der Waals surface area contributed by atoms with Gasteiger partial charge in [-0.2, -0.15) is 4.98 Å². The third kappa shape index (κ3) is 1.82. The van der Waals surface area contributed by atoms with Crippen LogP contribution in [0.25, 0.3) is 0 Å². The topological polar surface area (TPSA) is 74.2 Å². The number of furan rings is 1. The zero-order chi connectivity index (χ0) is 9.80. The molecule has 0 saturated heterocycles. The normalized spacial score (nSPS) is 10.0. The van der Waals surface area contributed by atoms with Crippen LogP contribution in [-0.4, -0.2) is 9.97 Å². The summed E-state index contributed by atoms with van der Waals surface area (Å²) in [5, 5.41) is 0. The van der Waals surface area contributed by atoms with Gasteiger partial charge in [0.25, 0.3) is 0 Å².